The average molecular weight is 897 g/mol. The average Bonchev–Trinajstić information content (AvgIpc) is 3.78. The Kier molecular flexibility index (Phi) is 16.0. The maximum absolute atomic E-state index is 11.8. The number of H-pyrrole nitrogens is 3. The Hall–Kier alpha value is -5.16. The summed E-state index contributed by atoms with van der Waals surface area (Å²) in [7, 11) is 0. The molecule has 3 aromatic heterocycles. The molecule has 61 heavy (non-hydrogen) atoms. The van der Waals surface area contributed by atoms with Crippen molar-refractivity contribution in [3.05, 3.63) is 92.6 Å². The van der Waals surface area contributed by atoms with E-state index in [9.17, 15) is 74.4 Å². The van der Waals surface area contributed by atoms with E-state index in [2.05, 4.69) is 4.98 Å². The zero-order valence-electron chi connectivity index (χ0n) is 30.7. The first-order chi connectivity index (χ1) is 28.6. The number of nitrogens with one attached hydrogen (secondary N) is 3. The third-order valence-electron chi connectivity index (χ3n) is 9.27. The minimum absolute atomic E-state index is 0.262. The van der Waals surface area contributed by atoms with Gasteiger partial charge in [-0.25, -0.2) is 24.0 Å². The summed E-state index contributed by atoms with van der Waals surface area (Å²) in [5.74, 6) is -3.42. The molecule has 0 saturated carbocycles. The van der Waals surface area contributed by atoms with Gasteiger partial charge >= 0.3 is 29.0 Å². The van der Waals surface area contributed by atoms with Gasteiger partial charge in [0, 0.05) is 18.6 Å². The number of nitrogens with zero attached hydrogens (tertiary/aromatic N) is 3. The predicted octanol–water partition coefficient (Wildman–Crippen LogP) is -8.95. The van der Waals surface area contributed by atoms with E-state index in [1.807, 2.05) is 0 Å². The molecule has 0 bridgehead atoms. The normalized spacial score (nSPS) is 30.4. The fourth-order valence-corrected chi connectivity index (χ4v) is 6.14. The first-order valence-electron chi connectivity index (χ1n) is 17.3. The summed E-state index contributed by atoms with van der Waals surface area (Å²) in [5, 5.41) is 121. The van der Waals surface area contributed by atoms with Gasteiger partial charge in [-0.3, -0.25) is 38.2 Å². The maximum Gasteiger partial charge on any atom is 0.337 e. The molecule has 6 heterocycles. The summed E-state index contributed by atoms with van der Waals surface area (Å²) in [6.07, 6.45) is -17.5. The molecule has 0 aromatic carbocycles. The number of rotatable bonds is 10. The van der Waals surface area contributed by atoms with Crippen molar-refractivity contribution < 1.29 is 90.2 Å². The van der Waals surface area contributed by atoms with Crippen LogP contribution < -0.4 is 28.2 Å². The highest BCUT2D eigenvalue weighted by Crippen LogP contribution is 2.30. The molecule has 0 spiro atoms. The molecule has 29 nitrogen and oxygen atoms in total. The number of aromatic amines is 3. The molecule has 16 N–H and O–H groups in total. The van der Waals surface area contributed by atoms with E-state index in [4.69, 9.17) is 52.0 Å². The van der Waals surface area contributed by atoms with Gasteiger partial charge in [-0.1, -0.05) is 12.2 Å². The summed E-state index contributed by atoms with van der Waals surface area (Å²) in [5.41, 5.74) is -6.14. The van der Waals surface area contributed by atoms with Crippen LogP contribution in [0.3, 0.4) is 0 Å². The summed E-state index contributed by atoms with van der Waals surface area (Å²) in [6, 6.07) is 1.46. The second-order valence-corrected chi connectivity index (χ2v) is 13.6. The topological polar surface area (TPSA) is 472 Å². The van der Waals surface area contributed by atoms with Crippen LogP contribution in [0.2, 0.25) is 0 Å². The van der Waals surface area contributed by atoms with Crippen LogP contribution in [-0.4, -0.2) is 182 Å². The zero-order valence-corrected chi connectivity index (χ0v) is 31.5. The first kappa shape index (κ1) is 48.5. The molecule has 0 aliphatic carbocycles. The van der Waals surface area contributed by atoms with Crippen molar-refractivity contribution in [2.45, 2.75) is 85.8 Å². The molecule has 338 valence electrons. The molecule has 3 fully saturated rings. The lowest BCUT2D eigenvalue weighted by Gasteiger charge is -2.18. The number of aliphatic hydroxyl groups excluding tert-OH is 11. The molecule has 2 unspecified atom stereocenters. The van der Waals surface area contributed by atoms with Crippen molar-refractivity contribution in [1.29, 1.82) is 0 Å². The van der Waals surface area contributed by atoms with Crippen LogP contribution in [-0.2, 0) is 23.8 Å². The predicted molar refractivity (Wildman–Crippen MR) is 193 cm³/mol. The minimum Gasteiger partial charge on any atom is -0.479 e. The molecule has 3 aliphatic heterocycles. The highest BCUT2D eigenvalue weighted by Gasteiger charge is 2.46. The molecule has 3 aliphatic rings. The lowest BCUT2D eigenvalue weighted by molar-refractivity contribution is -0.147. The van der Waals surface area contributed by atoms with E-state index in [0.717, 1.165) is 17.0 Å². The van der Waals surface area contributed by atoms with Gasteiger partial charge in [0.25, 0.3) is 11.1 Å². The number of hydrogen-bond acceptors (Lipinski definition) is 22. The summed E-state index contributed by atoms with van der Waals surface area (Å²) in [4.78, 5) is 85.6. The van der Waals surface area contributed by atoms with E-state index in [0.29, 0.717) is 9.13 Å². The molecule has 30 heteroatoms. The minimum atomic E-state index is -2.19. The van der Waals surface area contributed by atoms with Crippen molar-refractivity contribution in [2.24, 2.45) is 0 Å². The van der Waals surface area contributed by atoms with E-state index >= 15 is 0 Å². The Bertz CT molecular complexity index is 2280. The fraction of sp³-hybridized carbons (Fsp3) is 0.548. The first-order valence-corrected chi connectivity index (χ1v) is 17.7. The van der Waals surface area contributed by atoms with E-state index < -0.39 is 157 Å². The van der Waals surface area contributed by atoms with Gasteiger partial charge in [0.1, 0.15) is 59.6 Å². The Morgan fingerprint density at radius 3 is 1.16 bits per heavy atom. The second-order valence-electron chi connectivity index (χ2n) is 13.2. The molecule has 6 rings (SSSR count). The SMILES string of the molecule is O=C(O)C(O)c1cn([C@@H]2O[C@H](CO)[C@@H](O)[C@H]2O)c(=O)[nH]c1=O.O=C(O)C(O)c1cn([C@@H]2O[C@H](CO)[C@@H](O)[C@H]2O)c(=O)[nH]c1=O.O=c1[nH]c(=S)ccn1[C@@H]1O[C@H](CO)[C@@H](O)[C@H]1O. The number of carbonyl (C=O) groups is 2. The lowest BCUT2D eigenvalue weighted by atomic mass is 10.1. The Labute approximate surface area is 341 Å². The highest BCUT2D eigenvalue weighted by atomic mass is 32.1. The summed E-state index contributed by atoms with van der Waals surface area (Å²) >= 11 is 4.77. The smallest absolute Gasteiger partial charge is 0.337 e. The summed E-state index contributed by atoms with van der Waals surface area (Å²) in [6.45, 7) is -1.69. The molecule has 3 aromatic rings. The van der Waals surface area contributed by atoms with Gasteiger partial charge in [-0.2, -0.15) is 0 Å². The third kappa shape index (κ3) is 10.3. The van der Waals surface area contributed by atoms with Crippen molar-refractivity contribution in [2.75, 3.05) is 19.8 Å². The van der Waals surface area contributed by atoms with Gasteiger partial charge < -0.3 is 80.6 Å². The van der Waals surface area contributed by atoms with Gasteiger partial charge in [0.15, 0.2) is 30.9 Å². The van der Waals surface area contributed by atoms with Gasteiger partial charge in [-0.05, 0) is 6.07 Å². The molecular formula is C31H40N6O23S. The van der Waals surface area contributed by atoms with Crippen molar-refractivity contribution >= 4 is 24.2 Å². The number of aliphatic carboxylic acids is 2. The van der Waals surface area contributed by atoms with E-state index in [1.54, 1.807) is 9.97 Å². The van der Waals surface area contributed by atoms with Crippen LogP contribution >= 0.6 is 12.2 Å². The van der Waals surface area contributed by atoms with Crippen molar-refractivity contribution in [3.63, 3.8) is 0 Å². The number of aromatic nitrogens is 6. The lowest BCUT2D eigenvalue weighted by Crippen LogP contribution is -2.39. The molecule has 0 amide bonds. The number of ether oxygens (including phenoxy) is 3. The van der Waals surface area contributed by atoms with Crippen LogP contribution in [0.15, 0.2) is 48.6 Å². The van der Waals surface area contributed by atoms with Gasteiger partial charge in [0.2, 0.25) is 0 Å². The number of carboxylic acid groups (broad SMARTS) is 2. The quantitative estimate of drug-likeness (QED) is 0.0840. The van der Waals surface area contributed by atoms with Gasteiger partial charge in [0.05, 0.1) is 30.9 Å². The standard InChI is InChI=1S/2C11H14N2O9.C9H12N2O5S/c2*14-2-4-6(16)7(17)9(22-4)13-1-3(5(15)10(19)20)8(18)12-11(13)21;12-3-4-6(13)7(14)8(16-4)11-2-1-5(17)10-9(11)15/h2*1,4-7,9,14-17H,2H2,(H,19,20)(H,12,18,21);1-2,4,6-8,12-14H,3H2,(H,10,15,17)/t2*4-,5?,6-,7-,9-;4-,6-,7-,8-/m111/s1. The largest absolute Gasteiger partial charge is 0.479 e. The van der Waals surface area contributed by atoms with E-state index in [1.165, 1.54) is 12.3 Å². The Balaban J connectivity index is 0.000000203. The second kappa shape index (κ2) is 20.1. The van der Waals surface area contributed by atoms with Crippen molar-refractivity contribution in [1.82, 2.24) is 28.7 Å². The monoisotopic (exact) mass is 896 g/mol. The number of aliphatic hydroxyl groups is 11. The molecule has 3 saturated heterocycles. The molecule has 0 radical (unpaired) electrons. The zero-order chi connectivity index (χ0) is 45.8. The van der Waals surface area contributed by atoms with Gasteiger partial charge in [-0.15, -0.1) is 0 Å². The van der Waals surface area contributed by atoms with Crippen LogP contribution in [0.1, 0.15) is 42.0 Å². The molecule has 14 atom stereocenters. The van der Waals surface area contributed by atoms with Crippen LogP contribution in [0, 0.1) is 4.64 Å². The molecular weight excluding hydrogens is 856 g/mol. The Morgan fingerprint density at radius 2 is 0.885 bits per heavy atom. The van der Waals surface area contributed by atoms with Crippen LogP contribution in [0.25, 0.3) is 0 Å². The van der Waals surface area contributed by atoms with Crippen LogP contribution in [0.5, 0.6) is 0 Å². The number of carboxylic acids is 2. The fourth-order valence-electron chi connectivity index (χ4n) is 5.99. The Morgan fingerprint density at radius 1 is 0.574 bits per heavy atom. The summed E-state index contributed by atoms with van der Waals surface area (Å²) < 4.78 is 18.0. The highest BCUT2D eigenvalue weighted by molar-refractivity contribution is 7.71. The number of hydrogen-bond donors (Lipinski definition) is 16. The van der Waals surface area contributed by atoms with E-state index in [-0.39, 0.29) is 4.64 Å². The van der Waals surface area contributed by atoms with Crippen LogP contribution in [0.4, 0.5) is 0 Å². The maximum atomic E-state index is 11.8. The third-order valence-corrected chi connectivity index (χ3v) is 9.51. The van der Waals surface area contributed by atoms with Crippen molar-refractivity contribution in [3.8, 4) is 0 Å².